The third-order valence-electron chi connectivity index (χ3n) is 7.93. The second kappa shape index (κ2) is 13.5. The van der Waals surface area contributed by atoms with Crippen LogP contribution in [-0.2, 0) is 20.1 Å². The summed E-state index contributed by atoms with van der Waals surface area (Å²) in [6, 6.07) is 50.7. The van der Waals surface area contributed by atoms with Gasteiger partial charge in [0.15, 0.2) is 5.65 Å². The molecule has 4 aromatic carbocycles. The van der Waals surface area contributed by atoms with E-state index in [-0.39, 0.29) is 20.1 Å². The number of para-hydroxylation sites is 1. The molecule has 0 amide bonds. The zero-order chi connectivity index (χ0) is 31.6. The van der Waals surface area contributed by atoms with Gasteiger partial charge in [-0.05, 0) is 54.6 Å². The van der Waals surface area contributed by atoms with Crippen molar-refractivity contribution < 1.29 is 24.5 Å². The van der Waals surface area contributed by atoms with Crippen molar-refractivity contribution in [1.82, 2.24) is 24.5 Å². The van der Waals surface area contributed by atoms with Gasteiger partial charge < -0.3 is 14.0 Å². The third kappa shape index (κ3) is 5.93. The average Bonchev–Trinajstić information content (AvgIpc) is 3.71. The predicted molar refractivity (Wildman–Crippen MR) is 187 cm³/mol. The van der Waals surface area contributed by atoms with Gasteiger partial charge in [-0.3, -0.25) is 4.98 Å². The summed E-state index contributed by atoms with van der Waals surface area (Å²) in [5.74, 6) is 0.727. The monoisotopic (exact) mass is 798 g/mol. The average molecular weight is 798 g/mol. The van der Waals surface area contributed by atoms with Gasteiger partial charge in [0.1, 0.15) is 0 Å². The van der Waals surface area contributed by atoms with Crippen molar-refractivity contribution in [2.45, 2.75) is 6.92 Å². The summed E-state index contributed by atoms with van der Waals surface area (Å²) >= 11 is 0. The van der Waals surface area contributed by atoms with Crippen LogP contribution < -0.4 is 0 Å². The van der Waals surface area contributed by atoms with Gasteiger partial charge in [-0.1, -0.05) is 71.6 Å². The van der Waals surface area contributed by atoms with E-state index in [0.717, 1.165) is 72.7 Å². The van der Waals surface area contributed by atoms with Crippen LogP contribution in [0.2, 0.25) is 0 Å². The minimum absolute atomic E-state index is 0. The molecule has 9 aromatic rings. The van der Waals surface area contributed by atoms with Crippen LogP contribution in [0.25, 0.3) is 72.7 Å². The molecule has 48 heavy (non-hydrogen) atoms. The molecule has 0 N–H and O–H groups in total. The van der Waals surface area contributed by atoms with Crippen LogP contribution in [0.1, 0.15) is 5.69 Å². The number of pyridine rings is 3. The Balaban J connectivity index is 0.000000237. The van der Waals surface area contributed by atoms with Crippen LogP contribution in [0.15, 0.2) is 150 Å². The number of nitrogens with zero attached hydrogens (tertiary/aromatic N) is 5. The first-order valence-corrected chi connectivity index (χ1v) is 15.3. The fourth-order valence-corrected chi connectivity index (χ4v) is 5.70. The molecule has 9 rings (SSSR count). The van der Waals surface area contributed by atoms with Crippen LogP contribution in [0, 0.1) is 19.1 Å². The first-order valence-electron chi connectivity index (χ1n) is 15.3. The van der Waals surface area contributed by atoms with Gasteiger partial charge in [-0.2, -0.15) is 0 Å². The van der Waals surface area contributed by atoms with Gasteiger partial charge in [0, 0.05) is 54.8 Å². The van der Waals surface area contributed by atoms with E-state index >= 15 is 0 Å². The van der Waals surface area contributed by atoms with Gasteiger partial charge in [0.05, 0.1) is 16.9 Å². The molecule has 0 spiro atoms. The summed E-state index contributed by atoms with van der Waals surface area (Å²) in [7, 11) is 0. The topological polar surface area (TPSA) is 69.6 Å². The van der Waals surface area contributed by atoms with Gasteiger partial charge in [0.2, 0.25) is 5.71 Å². The summed E-state index contributed by atoms with van der Waals surface area (Å²) in [6.45, 7) is 1.96. The van der Waals surface area contributed by atoms with E-state index in [1.165, 1.54) is 0 Å². The van der Waals surface area contributed by atoms with Crippen LogP contribution >= 0.6 is 0 Å². The molecule has 0 aliphatic rings. The quantitative estimate of drug-likeness (QED) is 0.166. The summed E-state index contributed by atoms with van der Waals surface area (Å²) in [5, 5.41) is 1.97. The Kier molecular flexibility index (Phi) is 8.71. The molecule has 0 atom stereocenters. The zero-order valence-corrected chi connectivity index (χ0v) is 28.2. The Hall–Kier alpha value is -5.75. The second-order valence-electron chi connectivity index (χ2n) is 11.0. The second-order valence-corrected chi connectivity index (χ2v) is 11.0. The fraction of sp³-hybridized carbons (Fsp3) is 0.0244. The Morgan fingerprint density at radius 3 is 2.23 bits per heavy atom. The van der Waals surface area contributed by atoms with E-state index < -0.39 is 0 Å². The molecule has 7 heteroatoms. The summed E-state index contributed by atoms with van der Waals surface area (Å²) in [6.07, 6.45) is 3.69. The number of hydrogen-bond acceptors (Lipinski definition) is 5. The van der Waals surface area contributed by atoms with E-state index in [2.05, 4.69) is 63.1 Å². The number of hydrogen-bond donors (Lipinski definition) is 0. The minimum Gasteiger partial charge on any atom is -0.486 e. The number of aryl methyl sites for hydroxylation is 1. The molecule has 0 fully saturated rings. The van der Waals surface area contributed by atoms with Crippen molar-refractivity contribution in [2.24, 2.45) is 0 Å². The van der Waals surface area contributed by atoms with E-state index in [4.69, 9.17) is 14.4 Å². The van der Waals surface area contributed by atoms with Gasteiger partial charge in [-0.25, -0.2) is 9.97 Å². The van der Waals surface area contributed by atoms with Crippen molar-refractivity contribution in [1.29, 1.82) is 0 Å². The third-order valence-corrected chi connectivity index (χ3v) is 7.93. The summed E-state index contributed by atoms with van der Waals surface area (Å²) in [4.78, 5) is 18.7. The van der Waals surface area contributed by atoms with Crippen molar-refractivity contribution in [3.63, 3.8) is 0 Å². The molecule has 0 unspecified atom stereocenters. The molecule has 0 aliphatic heterocycles. The van der Waals surface area contributed by atoms with Crippen LogP contribution in [-0.4, -0.2) is 24.5 Å². The fourth-order valence-electron chi connectivity index (χ4n) is 5.70. The number of aromatic nitrogens is 5. The van der Waals surface area contributed by atoms with Crippen LogP contribution in [0.5, 0.6) is 0 Å². The Morgan fingerprint density at radius 1 is 0.667 bits per heavy atom. The first kappa shape index (κ1) is 30.9. The maximum absolute atomic E-state index is 6.28. The van der Waals surface area contributed by atoms with E-state index in [1.807, 2.05) is 110 Å². The van der Waals surface area contributed by atoms with E-state index in [9.17, 15) is 0 Å². The van der Waals surface area contributed by atoms with Crippen molar-refractivity contribution in [3.05, 3.63) is 164 Å². The minimum atomic E-state index is 0. The first-order chi connectivity index (χ1) is 23.2. The molecule has 6 nitrogen and oxygen atoms in total. The van der Waals surface area contributed by atoms with E-state index in [1.54, 1.807) is 6.20 Å². The SMILES string of the molecule is Cc1ccc2c(n1)oc1c(-c3nc4cc(-c5ccccc5)cnc4n3-c3ccccc3)[c-]ccc12.[Ir].[c-]1ccccc1-c1ccccn1. The smallest absolute Gasteiger partial charge is 0.216 e. The molecule has 5 heterocycles. The number of rotatable bonds is 4. The molecular weight excluding hydrogens is 771 g/mol. The van der Waals surface area contributed by atoms with Gasteiger partial charge in [0.25, 0.3) is 0 Å². The van der Waals surface area contributed by atoms with Crippen molar-refractivity contribution >= 4 is 33.2 Å². The van der Waals surface area contributed by atoms with Gasteiger partial charge >= 0.3 is 0 Å². The Morgan fingerprint density at radius 2 is 1.46 bits per heavy atom. The normalized spacial score (nSPS) is 10.9. The molecular formula is C41H27IrN5O-2. The zero-order valence-electron chi connectivity index (χ0n) is 25.8. The predicted octanol–water partition coefficient (Wildman–Crippen LogP) is 9.70. The summed E-state index contributed by atoms with van der Waals surface area (Å²) < 4.78 is 8.35. The molecule has 1 radical (unpaired) electrons. The summed E-state index contributed by atoms with van der Waals surface area (Å²) in [5.41, 5.74) is 9.72. The van der Waals surface area contributed by atoms with Crippen molar-refractivity contribution in [3.8, 4) is 39.5 Å². The molecule has 233 valence electrons. The van der Waals surface area contributed by atoms with Crippen LogP contribution in [0.3, 0.4) is 0 Å². The van der Waals surface area contributed by atoms with Crippen molar-refractivity contribution in [2.75, 3.05) is 0 Å². The Labute approximate surface area is 291 Å². The maximum atomic E-state index is 6.28. The number of benzene rings is 4. The maximum Gasteiger partial charge on any atom is 0.216 e. The van der Waals surface area contributed by atoms with Crippen LogP contribution in [0.4, 0.5) is 0 Å². The standard InChI is InChI=1S/C30H19N4O.C11H8N.Ir/c1-19-15-16-24-23-13-8-14-25(27(23)35-30(24)32-19)28-33-26-17-21(20-9-4-2-5-10-20)18-31-29(26)34(28)22-11-6-3-7-12-22;1-2-6-10(7-3-1)11-8-4-5-9-12-11;/h2-13,15-18H,1H3;1-6,8-9H;/q2*-1;. The molecule has 0 aliphatic carbocycles. The molecule has 0 saturated heterocycles. The number of furan rings is 1. The van der Waals surface area contributed by atoms with E-state index in [0.29, 0.717) is 5.71 Å². The van der Waals surface area contributed by atoms with Gasteiger partial charge in [-0.15, -0.1) is 54.1 Å². The molecule has 0 bridgehead atoms. The number of fused-ring (bicyclic) bond motifs is 4. The number of imidazole rings is 1. The molecule has 5 aromatic heterocycles. The largest absolute Gasteiger partial charge is 0.486 e. The molecule has 0 saturated carbocycles. The Bertz CT molecular complexity index is 2420.